The first-order valence-corrected chi connectivity index (χ1v) is 6.39. The number of carboxylic acids is 1. The van der Waals surface area contributed by atoms with E-state index in [1.54, 1.807) is 30.9 Å². The second-order valence-electron chi connectivity index (χ2n) is 5.44. The maximum absolute atomic E-state index is 11.4. The van der Waals surface area contributed by atoms with Crippen LogP contribution in [0.1, 0.15) is 26.7 Å². The normalized spacial score (nSPS) is 14.4. The zero-order valence-electron chi connectivity index (χ0n) is 12.0. The van der Waals surface area contributed by atoms with Gasteiger partial charge in [-0.15, -0.1) is 0 Å². The maximum Gasteiger partial charge on any atom is 0.310 e. The topological polar surface area (TPSA) is 94.0 Å². The van der Waals surface area contributed by atoms with Crippen LogP contribution in [-0.2, 0) is 18.3 Å². The molecule has 1 unspecified atom stereocenters. The van der Waals surface area contributed by atoms with Crippen LogP contribution in [-0.4, -0.2) is 31.0 Å². The fraction of sp³-hybridized carbons (Fsp3) is 0.538. The van der Waals surface area contributed by atoms with Crippen LogP contribution >= 0.6 is 0 Å². The molecular formula is C13H18N4O3. The van der Waals surface area contributed by atoms with Crippen molar-refractivity contribution in [2.24, 2.45) is 18.4 Å². The molecule has 0 aromatic carbocycles. The van der Waals surface area contributed by atoms with Gasteiger partial charge in [0, 0.05) is 19.7 Å². The van der Waals surface area contributed by atoms with Crippen LogP contribution in [0, 0.1) is 11.3 Å². The van der Waals surface area contributed by atoms with Gasteiger partial charge >= 0.3 is 5.97 Å². The van der Waals surface area contributed by atoms with Crippen LogP contribution in [0.3, 0.4) is 0 Å². The average molecular weight is 278 g/mol. The van der Waals surface area contributed by atoms with Gasteiger partial charge in [0.25, 0.3) is 0 Å². The highest BCUT2D eigenvalue weighted by Gasteiger charge is 2.38. The quantitative estimate of drug-likeness (QED) is 0.895. The monoisotopic (exact) mass is 278 g/mol. The van der Waals surface area contributed by atoms with Crippen LogP contribution in [0.25, 0.3) is 11.5 Å². The minimum absolute atomic E-state index is 0.0507. The van der Waals surface area contributed by atoms with Crippen molar-refractivity contribution in [3.8, 4) is 11.5 Å². The lowest BCUT2D eigenvalue weighted by atomic mass is 9.76. The van der Waals surface area contributed by atoms with Crippen molar-refractivity contribution in [2.45, 2.75) is 27.2 Å². The summed E-state index contributed by atoms with van der Waals surface area (Å²) >= 11 is 0. The third kappa shape index (κ3) is 2.56. The average Bonchev–Trinajstić information content (AvgIpc) is 2.97. The number of aromatic nitrogens is 4. The van der Waals surface area contributed by atoms with E-state index in [0.717, 1.165) is 0 Å². The highest BCUT2D eigenvalue weighted by molar-refractivity contribution is 5.74. The molecule has 2 heterocycles. The molecule has 0 aliphatic heterocycles. The highest BCUT2D eigenvalue weighted by Crippen LogP contribution is 2.31. The minimum atomic E-state index is -0.937. The van der Waals surface area contributed by atoms with E-state index in [-0.39, 0.29) is 12.3 Å². The van der Waals surface area contributed by atoms with Crippen LogP contribution in [0.2, 0.25) is 0 Å². The van der Waals surface area contributed by atoms with Crippen molar-refractivity contribution in [1.82, 2.24) is 19.9 Å². The first kappa shape index (κ1) is 14.2. The minimum Gasteiger partial charge on any atom is -0.481 e. The molecule has 7 nitrogen and oxygen atoms in total. The van der Waals surface area contributed by atoms with Gasteiger partial charge in [-0.05, 0) is 18.9 Å². The fourth-order valence-electron chi connectivity index (χ4n) is 1.81. The van der Waals surface area contributed by atoms with Gasteiger partial charge < -0.3 is 9.63 Å². The summed E-state index contributed by atoms with van der Waals surface area (Å²) in [4.78, 5) is 15.7. The Morgan fingerprint density at radius 2 is 2.25 bits per heavy atom. The Balaban J connectivity index is 2.23. The lowest BCUT2D eigenvalue weighted by Crippen LogP contribution is -2.35. The van der Waals surface area contributed by atoms with E-state index in [2.05, 4.69) is 15.2 Å². The Morgan fingerprint density at radius 1 is 1.55 bits per heavy atom. The molecule has 0 saturated heterocycles. The third-order valence-corrected chi connectivity index (χ3v) is 3.69. The molecule has 1 N–H and O–H groups in total. The van der Waals surface area contributed by atoms with Gasteiger partial charge in [0.1, 0.15) is 5.69 Å². The second kappa shape index (κ2) is 5.07. The number of aryl methyl sites for hydroxylation is 1. The molecule has 108 valence electrons. The molecule has 1 atom stereocenters. The highest BCUT2D eigenvalue weighted by atomic mass is 16.5. The van der Waals surface area contributed by atoms with Crippen LogP contribution < -0.4 is 0 Å². The van der Waals surface area contributed by atoms with Gasteiger partial charge in [-0.25, -0.2) is 0 Å². The first-order valence-electron chi connectivity index (χ1n) is 6.39. The first-order chi connectivity index (χ1) is 9.33. The maximum atomic E-state index is 11.4. The van der Waals surface area contributed by atoms with E-state index >= 15 is 0 Å². The second-order valence-corrected chi connectivity index (χ2v) is 5.44. The number of carboxylic acid groups (broad SMARTS) is 1. The number of nitrogens with zero attached hydrogens (tertiary/aromatic N) is 4. The Morgan fingerprint density at radius 3 is 2.75 bits per heavy atom. The van der Waals surface area contributed by atoms with Gasteiger partial charge in [0.15, 0.2) is 0 Å². The van der Waals surface area contributed by atoms with Gasteiger partial charge in [0.2, 0.25) is 11.7 Å². The SMILES string of the molecule is CC(C)C(C)(Cc1nc(-c2ccn(C)n2)no1)C(=O)O. The van der Waals surface area contributed by atoms with Gasteiger partial charge in [-0.3, -0.25) is 9.48 Å². The van der Waals surface area contributed by atoms with E-state index in [1.807, 2.05) is 13.8 Å². The molecule has 0 spiro atoms. The molecule has 7 heteroatoms. The predicted octanol–water partition coefficient (Wildman–Crippen LogP) is 1.76. The van der Waals surface area contributed by atoms with Gasteiger partial charge in [-0.1, -0.05) is 19.0 Å². The van der Waals surface area contributed by atoms with Crippen LogP contribution in [0.5, 0.6) is 0 Å². The zero-order chi connectivity index (χ0) is 14.9. The van der Waals surface area contributed by atoms with Crippen molar-refractivity contribution in [2.75, 3.05) is 0 Å². The van der Waals surface area contributed by atoms with E-state index in [1.165, 1.54) is 0 Å². The molecule has 0 amide bonds. The molecule has 2 aromatic rings. The largest absolute Gasteiger partial charge is 0.481 e. The standard InChI is InChI=1S/C13H18N4O3/c1-8(2)13(3,12(18)19)7-10-14-11(16-20-10)9-5-6-17(4)15-9/h5-6,8H,7H2,1-4H3,(H,18,19). The molecule has 0 saturated carbocycles. The van der Waals surface area contributed by atoms with Gasteiger partial charge in [-0.2, -0.15) is 10.1 Å². The van der Waals surface area contributed by atoms with Crippen LogP contribution in [0.15, 0.2) is 16.8 Å². The van der Waals surface area contributed by atoms with Crippen molar-refractivity contribution in [1.29, 1.82) is 0 Å². The summed E-state index contributed by atoms with van der Waals surface area (Å²) in [5.74, 6) is -0.239. The van der Waals surface area contributed by atoms with E-state index in [9.17, 15) is 9.90 Å². The molecule has 20 heavy (non-hydrogen) atoms. The zero-order valence-corrected chi connectivity index (χ0v) is 12.0. The van der Waals surface area contributed by atoms with Crippen molar-refractivity contribution >= 4 is 5.97 Å². The molecule has 2 aromatic heterocycles. The van der Waals surface area contributed by atoms with E-state index in [0.29, 0.717) is 17.4 Å². The van der Waals surface area contributed by atoms with Crippen molar-refractivity contribution < 1.29 is 14.4 Å². The van der Waals surface area contributed by atoms with E-state index in [4.69, 9.17) is 4.52 Å². The molecular weight excluding hydrogens is 260 g/mol. The Hall–Kier alpha value is -2.18. The lowest BCUT2D eigenvalue weighted by molar-refractivity contribution is -0.150. The van der Waals surface area contributed by atoms with Crippen LogP contribution in [0.4, 0.5) is 0 Å². The summed E-state index contributed by atoms with van der Waals surface area (Å²) in [7, 11) is 1.80. The molecule has 0 fully saturated rings. The molecule has 2 rings (SSSR count). The summed E-state index contributed by atoms with van der Waals surface area (Å²) < 4.78 is 6.79. The van der Waals surface area contributed by atoms with Gasteiger partial charge in [0.05, 0.1) is 5.41 Å². The number of carbonyl (C=O) groups is 1. The smallest absolute Gasteiger partial charge is 0.310 e. The number of rotatable bonds is 5. The summed E-state index contributed by atoms with van der Waals surface area (Å²) in [6.07, 6.45) is 1.97. The number of hydrogen-bond donors (Lipinski definition) is 1. The molecule has 0 radical (unpaired) electrons. The molecule has 0 aliphatic carbocycles. The summed E-state index contributed by atoms with van der Waals surface area (Å²) in [6.45, 7) is 5.42. The summed E-state index contributed by atoms with van der Waals surface area (Å²) in [5.41, 5.74) is -0.336. The summed E-state index contributed by atoms with van der Waals surface area (Å²) in [5, 5.41) is 17.4. The lowest BCUT2D eigenvalue weighted by Gasteiger charge is -2.27. The Bertz CT molecular complexity index is 617. The predicted molar refractivity (Wildman–Crippen MR) is 70.8 cm³/mol. The summed E-state index contributed by atoms with van der Waals surface area (Å²) in [6, 6.07) is 1.77. The number of aliphatic carboxylic acids is 1. The third-order valence-electron chi connectivity index (χ3n) is 3.69. The fourth-order valence-corrected chi connectivity index (χ4v) is 1.81. The molecule has 0 bridgehead atoms. The Kier molecular flexibility index (Phi) is 3.61. The van der Waals surface area contributed by atoms with Crippen molar-refractivity contribution in [3.05, 3.63) is 18.2 Å². The van der Waals surface area contributed by atoms with Crippen molar-refractivity contribution in [3.63, 3.8) is 0 Å². The van der Waals surface area contributed by atoms with E-state index < -0.39 is 11.4 Å². The molecule has 0 aliphatic rings. The number of hydrogen-bond acceptors (Lipinski definition) is 5. The Labute approximate surface area is 116 Å².